The third kappa shape index (κ3) is 1.63. The molecule has 0 saturated heterocycles. The van der Waals surface area contributed by atoms with E-state index in [0.29, 0.717) is 0 Å². The highest BCUT2D eigenvalue weighted by Gasteiger charge is 2.24. The molecule has 4 nitrogen and oxygen atoms in total. The first-order valence-corrected chi connectivity index (χ1v) is 9.44. The number of imidazole rings is 1. The molecule has 7 rings (SSSR count). The first-order chi connectivity index (χ1) is 13.9. The summed E-state index contributed by atoms with van der Waals surface area (Å²) in [5, 5.41) is 3.53. The lowest BCUT2D eigenvalue weighted by Gasteiger charge is -2.12. The summed E-state index contributed by atoms with van der Waals surface area (Å²) in [4.78, 5) is 14.2. The van der Waals surface area contributed by atoms with E-state index in [0.717, 1.165) is 34.3 Å². The van der Waals surface area contributed by atoms with Crippen molar-refractivity contribution in [2.75, 3.05) is 0 Å². The molecule has 0 saturated carbocycles. The van der Waals surface area contributed by atoms with Gasteiger partial charge in [-0.15, -0.1) is 0 Å². The highest BCUT2D eigenvalue weighted by atomic mass is 15.1. The van der Waals surface area contributed by atoms with Crippen LogP contribution in [0.3, 0.4) is 0 Å². The molecular formula is C24H14N4. The number of hydrogen-bond acceptors (Lipinski definition) is 3. The van der Waals surface area contributed by atoms with Crippen LogP contribution in [0.4, 0.5) is 0 Å². The van der Waals surface area contributed by atoms with Gasteiger partial charge in [-0.3, -0.25) is 4.40 Å². The Bertz CT molecular complexity index is 1590. The van der Waals surface area contributed by atoms with Crippen LogP contribution >= 0.6 is 0 Å². The maximum Gasteiger partial charge on any atom is 0.178 e. The summed E-state index contributed by atoms with van der Waals surface area (Å²) in [5.41, 5.74) is 8.96. The second-order valence-electron chi connectivity index (χ2n) is 7.35. The van der Waals surface area contributed by atoms with Crippen LogP contribution in [0.1, 0.15) is 11.1 Å². The molecule has 0 unspecified atom stereocenters. The summed E-state index contributed by atoms with van der Waals surface area (Å²) in [6.45, 7) is 0. The van der Waals surface area contributed by atoms with Gasteiger partial charge in [0.2, 0.25) is 0 Å². The molecule has 28 heavy (non-hydrogen) atoms. The molecule has 0 fully saturated rings. The number of benzene rings is 2. The Hall–Kier alpha value is -3.79. The van der Waals surface area contributed by atoms with Crippen LogP contribution in [-0.2, 0) is 6.42 Å². The van der Waals surface area contributed by atoms with Gasteiger partial charge in [0, 0.05) is 23.2 Å². The molecule has 4 aromatic heterocycles. The minimum Gasteiger partial charge on any atom is -0.274 e. The average molecular weight is 358 g/mol. The Morgan fingerprint density at radius 2 is 1.61 bits per heavy atom. The zero-order valence-electron chi connectivity index (χ0n) is 14.9. The summed E-state index contributed by atoms with van der Waals surface area (Å²) in [7, 11) is 0. The first kappa shape index (κ1) is 14.3. The lowest BCUT2D eigenvalue weighted by atomic mass is 9.97. The summed E-state index contributed by atoms with van der Waals surface area (Å²) < 4.78 is 2.17. The van der Waals surface area contributed by atoms with Crippen molar-refractivity contribution in [2.45, 2.75) is 6.42 Å². The molecule has 0 atom stereocenters. The van der Waals surface area contributed by atoms with E-state index >= 15 is 0 Å². The van der Waals surface area contributed by atoms with Gasteiger partial charge in [0.05, 0.1) is 5.52 Å². The van der Waals surface area contributed by atoms with E-state index in [1.165, 1.54) is 33.0 Å². The van der Waals surface area contributed by atoms with Crippen LogP contribution < -0.4 is 0 Å². The van der Waals surface area contributed by atoms with Crippen LogP contribution in [0.15, 0.2) is 73.1 Å². The highest BCUT2D eigenvalue weighted by Crippen LogP contribution is 2.44. The lowest BCUT2D eigenvalue weighted by Crippen LogP contribution is -1.95. The molecule has 1 aliphatic carbocycles. The first-order valence-electron chi connectivity index (χ1n) is 9.44. The van der Waals surface area contributed by atoms with Crippen molar-refractivity contribution in [1.29, 1.82) is 0 Å². The smallest absolute Gasteiger partial charge is 0.178 e. The van der Waals surface area contributed by atoms with Gasteiger partial charge < -0.3 is 0 Å². The monoisotopic (exact) mass is 358 g/mol. The van der Waals surface area contributed by atoms with Crippen molar-refractivity contribution in [3.8, 4) is 11.1 Å². The zero-order chi connectivity index (χ0) is 18.2. The highest BCUT2D eigenvalue weighted by molar-refractivity contribution is 6.19. The Morgan fingerprint density at radius 3 is 2.61 bits per heavy atom. The summed E-state index contributed by atoms with van der Waals surface area (Å²) in [6.07, 6.45) is 4.61. The lowest BCUT2D eigenvalue weighted by molar-refractivity contribution is 1.23. The van der Waals surface area contributed by atoms with E-state index in [1.54, 1.807) is 6.20 Å². The third-order valence-electron chi connectivity index (χ3n) is 5.90. The van der Waals surface area contributed by atoms with E-state index in [4.69, 9.17) is 9.97 Å². The zero-order valence-corrected chi connectivity index (χ0v) is 14.9. The number of pyridine rings is 3. The van der Waals surface area contributed by atoms with Gasteiger partial charge in [0.25, 0.3) is 0 Å². The van der Waals surface area contributed by atoms with Crippen LogP contribution in [0.25, 0.3) is 49.7 Å². The van der Waals surface area contributed by atoms with Gasteiger partial charge in [-0.1, -0.05) is 36.4 Å². The predicted octanol–water partition coefficient (Wildman–Crippen LogP) is 5.16. The summed E-state index contributed by atoms with van der Waals surface area (Å²) in [5.74, 6) is 0. The molecule has 0 radical (unpaired) electrons. The topological polar surface area (TPSA) is 43.1 Å². The minimum atomic E-state index is 0.755. The van der Waals surface area contributed by atoms with E-state index < -0.39 is 0 Å². The normalized spacial score (nSPS) is 12.9. The maximum atomic E-state index is 4.96. The quantitative estimate of drug-likeness (QED) is 0.352. The molecule has 0 N–H and O–H groups in total. The van der Waals surface area contributed by atoms with Crippen molar-refractivity contribution in [2.24, 2.45) is 0 Å². The Balaban J connectivity index is 1.84. The van der Waals surface area contributed by atoms with Crippen molar-refractivity contribution in [3.05, 3.63) is 84.2 Å². The number of nitrogens with zero attached hydrogens (tertiary/aromatic N) is 4. The van der Waals surface area contributed by atoms with Gasteiger partial charge >= 0.3 is 0 Å². The van der Waals surface area contributed by atoms with E-state index in [-0.39, 0.29) is 0 Å². The van der Waals surface area contributed by atoms with Gasteiger partial charge in [-0.25, -0.2) is 15.0 Å². The molecule has 130 valence electrons. The van der Waals surface area contributed by atoms with Gasteiger partial charge in [0.1, 0.15) is 11.3 Å². The molecule has 6 aromatic rings. The van der Waals surface area contributed by atoms with Crippen LogP contribution in [0, 0.1) is 0 Å². The molecule has 4 heterocycles. The Morgan fingerprint density at radius 1 is 0.714 bits per heavy atom. The van der Waals surface area contributed by atoms with Crippen LogP contribution in [-0.4, -0.2) is 19.4 Å². The Kier molecular flexibility index (Phi) is 2.51. The number of fused-ring (bicyclic) bond motifs is 12. The van der Waals surface area contributed by atoms with Crippen LogP contribution in [0.5, 0.6) is 0 Å². The second-order valence-corrected chi connectivity index (χ2v) is 7.35. The molecule has 4 heteroatoms. The molecule has 1 aliphatic rings. The van der Waals surface area contributed by atoms with Crippen molar-refractivity contribution < 1.29 is 0 Å². The fourth-order valence-corrected chi connectivity index (χ4v) is 4.76. The minimum absolute atomic E-state index is 0.755. The average Bonchev–Trinajstić information content (AvgIpc) is 3.32. The predicted molar refractivity (Wildman–Crippen MR) is 112 cm³/mol. The summed E-state index contributed by atoms with van der Waals surface area (Å²) in [6, 6.07) is 21.4. The molecule has 0 aliphatic heterocycles. The molecule has 2 aromatic carbocycles. The summed E-state index contributed by atoms with van der Waals surface area (Å²) >= 11 is 0. The number of hydrogen-bond donors (Lipinski definition) is 0. The second kappa shape index (κ2) is 4.93. The van der Waals surface area contributed by atoms with Crippen molar-refractivity contribution >= 4 is 38.6 Å². The van der Waals surface area contributed by atoms with Gasteiger partial charge in [-0.2, -0.15) is 0 Å². The molecular weight excluding hydrogens is 344 g/mol. The fraction of sp³-hybridized carbons (Fsp3) is 0.0417. The third-order valence-corrected chi connectivity index (χ3v) is 5.90. The molecule has 0 spiro atoms. The van der Waals surface area contributed by atoms with E-state index in [1.807, 2.05) is 18.3 Å². The maximum absolute atomic E-state index is 4.96. The largest absolute Gasteiger partial charge is 0.274 e. The van der Waals surface area contributed by atoms with Crippen LogP contribution in [0.2, 0.25) is 0 Å². The van der Waals surface area contributed by atoms with E-state index in [2.05, 4.69) is 57.9 Å². The molecule has 0 amide bonds. The van der Waals surface area contributed by atoms with Gasteiger partial charge in [-0.05, 0) is 58.3 Å². The van der Waals surface area contributed by atoms with Crippen molar-refractivity contribution in [1.82, 2.24) is 19.4 Å². The fourth-order valence-electron chi connectivity index (χ4n) is 4.76. The number of rotatable bonds is 0. The SMILES string of the molecule is c1ccc2c(c1)Cc1ccc3c4cccnc4n4c5cccnc5nc4c3c1-2. The van der Waals surface area contributed by atoms with Gasteiger partial charge in [0.15, 0.2) is 5.65 Å². The van der Waals surface area contributed by atoms with E-state index in [9.17, 15) is 0 Å². The standard InChI is InChI=1S/C24H14N4/c1-2-6-16-14(5-1)13-15-9-10-17-18-7-3-12-26-23(18)28-19-8-4-11-25-22(19)27-24(28)21(17)20(15)16/h1-12H,13H2. The molecule has 0 bridgehead atoms. The number of aromatic nitrogens is 4. The van der Waals surface area contributed by atoms with Crippen molar-refractivity contribution in [3.63, 3.8) is 0 Å². The Labute approximate surface area is 160 Å².